The topological polar surface area (TPSA) is 76.1 Å². The zero-order valence-electron chi connectivity index (χ0n) is 12.5. The van der Waals surface area contributed by atoms with Gasteiger partial charge in [-0.15, -0.1) is 11.8 Å². The summed E-state index contributed by atoms with van der Waals surface area (Å²) in [5.74, 6) is -0.464. The van der Waals surface area contributed by atoms with Crippen molar-refractivity contribution in [2.45, 2.75) is 23.1 Å². The fraction of sp³-hybridized carbons (Fsp3) is 0.467. The average Bonchev–Trinajstić information content (AvgIpc) is 2.54. The molecule has 6 nitrogen and oxygen atoms in total. The second-order valence-corrected chi connectivity index (χ2v) is 6.31. The molecule has 1 fully saturated rings. The molecule has 0 bridgehead atoms. The summed E-state index contributed by atoms with van der Waals surface area (Å²) in [7, 11) is 1.60. The Morgan fingerprint density at radius 1 is 1.41 bits per heavy atom. The number of carbonyl (C=O) groups excluding carboxylic acids is 1. The molecule has 22 heavy (non-hydrogen) atoms. The van der Waals surface area contributed by atoms with Gasteiger partial charge in [-0.25, -0.2) is 4.79 Å². The number of hydrogen-bond acceptors (Lipinski definition) is 5. The van der Waals surface area contributed by atoms with Crippen LogP contribution >= 0.6 is 11.8 Å². The molecule has 1 saturated heterocycles. The van der Waals surface area contributed by atoms with Gasteiger partial charge in [-0.05, 0) is 31.2 Å². The maximum atomic E-state index is 12.5. The Morgan fingerprint density at radius 3 is 2.68 bits per heavy atom. The summed E-state index contributed by atoms with van der Waals surface area (Å²) in [6.07, 6.45) is 0. The Hall–Kier alpha value is -1.73. The third-order valence-electron chi connectivity index (χ3n) is 3.42. The van der Waals surface area contributed by atoms with Crippen molar-refractivity contribution in [3.63, 3.8) is 0 Å². The molecule has 1 N–H and O–H groups in total. The number of carboxylic acid groups (broad SMARTS) is 1. The fourth-order valence-electron chi connectivity index (χ4n) is 2.21. The van der Waals surface area contributed by atoms with Crippen molar-refractivity contribution < 1.29 is 24.2 Å². The first kappa shape index (κ1) is 16.6. The summed E-state index contributed by atoms with van der Waals surface area (Å²) in [6.45, 7) is 2.51. The predicted molar refractivity (Wildman–Crippen MR) is 82.3 cm³/mol. The van der Waals surface area contributed by atoms with Crippen LogP contribution < -0.4 is 4.74 Å². The molecule has 120 valence electrons. The van der Waals surface area contributed by atoms with Crippen molar-refractivity contribution in [2.24, 2.45) is 0 Å². The van der Waals surface area contributed by atoms with Gasteiger partial charge in [0.2, 0.25) is 5.91 Å². The molecule has 1 aromatic carbocycles. The zero-order chi connectivity index (χ0) is 16.1. The Bertz CT molecular complexity index is 533. The molecule has 0 radical (unpaired) electrons. The monoisotopic (exact) mass is 325 g/mol. The van der Waals surface area contributed by atoms with Gasteiger partial charge in [0.25, 0.3) is 0 Å². The normalized spacial score (nSPS) is 19.5. The highest BCUT2D eigenvalue weighted by molar-refractivity contribution is 8.00. The first-order chi connectivity index (χ1) is 10.5. The second kappa shape index (κ2) is 7.51. The smallest absolute Gasteiger partial charge is 0.328 e. The van der Waals surface area contributed by atoms with Gasteiger partial charge in [0, 0.05) is 11.4 Å². The molecule has 0 spiro atoms. The van der Waals surface area contributed by atoms with Gasteiger partial charge in [-0.3, -0.25) is 4.79 Å². The van der Waals surface area contributed by atoms with Gasteiger partial charge < -0.3 is 19.5 Å². The van der Waals surface area contributed by atoms with Crippen LogP contribution in [0, 0.1) is 0 Å². The summed E-state index contributed by atoms with van der Waals surface area (Å²) >= 11 is 1.40. The van der Waals surface area contributed by atoms with Gasteiger partial charge in [0.05, 0.1) is 25.6 Å². The number of carbonyl (C=O) groups is 2. The number of aliphatic carboxylic acids is 1. The third kappa shape index (κ3) is 3.92. The van der Waals surface area contributed by atoms with E-state index in [1.807, 2.05) is 24.3 Å². The van der Waals surface area contributed by atoms with Gasteiger partial charge in [0.1, 0.15) is 5.75 Å². The molecule has 0 aliphatic carbocycles. The van der Waals surface area contributed by atoms with Crippen LogP contribution in [0.3, 0.4) is 0 Å². The Balaban J connectivity index is 2.02. The lowest BCUT2D eigenvalue weighted by Crippen LogP contribution is -2.54. The Labute approximate surface area is 133 Å². The van der Waals surface area contributed by atoms with E-state index in [0.717, 1.165) is 10.6 Å². The van der Waals surface area contributed by atoms with E-state index in [-0.39, 0.29) is 17.8 Å². The number of benzene rings is 1. The number of hydrogen-bond donors (Lipinski definition) is 1. The highest BCUT2D eigenvalue weighted by Gasteiger charge is 2.34. The van der Waals surface area contributed by atoms with Gasteiger partial charge in [0.15, 0.2) is 6.04 Å². The summed E-state index contributed by atoms with van der Waals surface area (Å²) in [5.41, 5.74) is 0. The van der Waals surface area contributed by atoms with E-state index in [9.17, 15) is 14.7 Å². The van der Waals surface area contributed by atoms with Crippen LogP contribution in [0.15, 0.2) is 29.2 Å². The molecular weight excluding hydrogens is 306 g/mol. The van der Waals surface area contributed by atoms with Crippen molar-refractivity contribution in [3.8, 4) is 5.75 Å². The number of morpholine rings is 1. The number of amides is 1. The van der Waals surface area contributed by atoms with Gasteiger partial charge in [-0.2, -0.15) is 0 Å². The van der Waals surface area contributed by atoms with Crippen LogP contribution in [0.25, 0.3) is 0 Å². The maximum Gasteiger partial charge on any atom is 0.328 e. The number of thioether (sulfide) groups is 1. The number of ether oxygens (including phenoxy) is 2. The van der Waals surface area contributed by atoms with Crippen molar-refractivity contribution in [1.29, 1.82) is 0 Å². The van der Waals surface area contributed by atoms with E-state index in [2.05, 4.69) is 0 Å². The molecule has 1 amide bonds. The largest absolute Gasteiger partial charge is 0.497 e. The maximum absolute atomic E-state index is 12.5. The lowest BCUT2D eigenvalue weighted by molar-refractivity contribution is -0.157. The lowest BCUT2D eigenvalue weighted by Gasteiger charge is -2.34. The Kier molecular flexibility index (Phi) is 5.68. The van der Waals surface area contributed by atoms with Crippen LogP contribution in [-0.4, -0.2) is 60.0 Å². The minimum absolute atomic E-state index is 0.0427. The fourth-order valence-corrected chi connectivity index (χ4v) is 3.15. The first-order valence-corrected chi connectivity index (χ1v) is 7.82. The summed E-state index contributed by atoms with van der Waals surface area (Å²) in [4.78, 5) is 26.1. The van der Waals surface area contributed by atoms with Gasteiger partial charge in [-0.1, -0.05) is 0 Å². The van der Waals surface area contributed by atoms with Crippen LogP contribution in [0.5, 0.6) is 5.75 Å². The molecule has 1 aliphatic heterocycles. The van der Waals surface area contributed by atoms with Crippen molar-refractivity contribution >= 4 is 23.6 Å². The molecule has 2 unspecified atom stereocenters. The second-order valence-electron chi connectivity index (χ2n) is 4.90. The lowest BCUT2D eigenvalue weighted by atomic mass is 10.2. The van der Waals surface area contributed by atoms with E-state index in [0.29, 0.717) is 13.2 Å². The molecule has 2 atom stereocenters. The number of methoxy groups -OCH3 is 1. The third-order valence-corrected chi connectivity index (χ3v) is 4.52. The standard InChI is InChI=1S/C15H19NO5S/c1-10(22-12-5-3-11(20-2)4-6-12)14(17)16-7-8-21-9-13(16)15(18)19/h3-6,10,13H,7-9H2,1-2H3,(H,18,19). The SMILES string of the molecule is COc1ccc(SC(C)C(=O)N2CCOCC2C(=O)O)cc1. The zero-order valence-corrected chi connectivity index (χ0v) is 13.3. The molecular formula is C15H19NO5S. The number of nitrogens with zero attached hydrogens (tertiary/aromatic N) is 1. The molecule has 0 aromatic heterocycles. The quantitative estimate of drug-likeness (QED) is 0.827. The summed E-state index contributed by atoms with van der Waals surface area (Å²) in [5, 5.41) is 8.82. The molecule has 1 aliphatic rings. The van der Waals surface area contributed by atoms with Gasteiger partial charge >= 0.3 is 5.97 Å². The molecule has 1 aromatic rings. The van der Waals surface area contributed by atoms with E-state index >= 15 is 0 Å². The summed E-state index contributed by atoms with van der Waals surface area (Å²) < 4.78 is 10.2. The van der Waals surface area contributed by atoms with Crippen molar-refractivity contribution in [3.05, 3.63) is 24.3 Å². The molecule has 2 rings (SSSR count). The minimum atomic E-state index is -1.03. The van der Waals surface area contributed by atoms with E-state index in [1.54, 1.807) is 14.0 Å². The molecule has 0 saturated carbocycles. The Morgan fingerprint density at radius 2 is 2.09 bits per heavy atom. The number of rotatable bonds is 5. The van der Waals surface area contributed by atoms with Crippen molar-refractivity contribution in [1.82, 2.24) is 4.90 Å². The number of carboxylic acids is 1. The van der Waals surface area contributed by atoms with Crippen LogP contribution in [0.2, 0.25) is 0 Å². The minimum Gasteiger partial charge on any atom is -0.497 e. The van der Waals surface area contributed by atoms with Crippen LogP contribution in [0.1, 0.15) is 6.92 Å². The van der Waals surface area contributed by atoms with E-state index < -0.39 is 12.0 Å². The predicted octanol–water partition coefficient (Wildman–Crippen LogP) is 1.49. The van der Waals surface area contributed by atoms with Crippen LogP contribution in [0.4, 0.5) is 0 Å². The van der Waals surface area contributed by atoms with Crippen LogP contribution in [-0.2, 0) is 14.3 Å². The highest BCUT2D eigenvalue weighted by atomic mass is 32.2. The first-order valence-electron chi connectivity index (χ1n) is 6.94. The molecule has 1 heterocycles. The van der Waals surface area contributed by atoms with E-state index in [1.165, 1.54) is 16.7 Å². The van der Waals surface area contributed by atoms with E-state index in [4.69, 9.17) is 9.47 Å². The summed E-state index contributed by atoms with van der Waals surface area (Å²) in [6, 6.07) is 6.51. The highest BCUT2D eigenvalue weighted by Crippen LogP contribution is 2.27. The average molecular weight is 325 g/mol. The molecule has 7 heteroatoms. The van der Waals surface area contributed by atoms with Crippen molar-refractivity contribution in [2.75, 3.05) is 26.9 Å².